The lowest BCUT2D eigenvalue weighted by Gasteiger charge is -2.07. The average molecular weight is 180 g/mol. The van der Waals surface area contributed by atoms with Gasteiger partial charge < -0.3 is 5.73 Å². The van der Waals surface area contributed by atoms with Gasteiger partial charge >= 0.3 is 0 Å². The summed E-state index contributed by atoms with van der Waals surface area (Å²) in [6, 6.07) is 3.17. The van der Waals surface area contributed by atoms with Gasteiger partial charge in [0.05, 0.1) is 0 Å². The molecular formula is C10H13FN2. The van der Waals surface area contributed by atoms with Crippen LogP contribution in [0.2, 0.25) is 0 Å². The van der Waals surface area contributed by atoms with Crippen molar-refractivity contribution < 1.29 is 4.39 Å². The molecular weight excluding hydrogens is 167 g/mol. The molecule has 0 amide bonds. The number of aryl methyl sites for hydroxylation is 1. The summed E-state index contributed by atoms with van der Waals surface area (Å²) in [6.07, 6.45) is 5.73. The molecule has 0 atom stereocenters. The summed E-state index contributed by atoms with van der Waals surface area (Å²) in [5, 5.41) is 0. The van der Waals surface area contributed by atoms with E-state index in [1.165, 1.54) is 6.07 Å². The maximum absolute atomic E-state index is 12.4. The molecule has 1 aromatic rings. The minimum Gasteiger partial charge on any atom is -0.325 e. The molecule has 0 radical (unpaired) electrons. The Morgan fingerprint density at radius 2 is 2.23 bits per heavy atom. The van der Waals surface area contributed by atoms with Crippen molar-refractivity contribution in [3.63, 3.8) is 0 Å². The summed E-state index contributed by atoms with van der Waals surface area (Å²) in [6.45, 7) is 0. The number of rotatable bonds is 3. The highest BCUT2D eigenvalue weighted by Gasteiger charge is 2.37. The number of halogens is 1. The first kappa shape index (κ1) is 8.63. The molecule has 2 nitrogen and oxygen atoms in total. The molecule has 0 aromatic carbocycles. The Hall–Kier alpha value is -0.960. The van der Waals surface area contributed by atoms with Gasteiger partial charge in [-0.15, -0.1) is 0 Å². The summed E-state index contributed by atoms with van der Waals surface area (Å²) in [7, 11) is 0. The quantitative estimate of drug-likeness (QED) is 0.718. The highest BCUT2D eigenvalue weighted by molar-refractivity contribution is 5.11. The van der Waals surface area contributed by atoms with E-state index in [0.29, 0.717) is 0 Å². The SMILES string of the molecule is NC1(CCc2ccc(F)nc2)CC1. The standard InChI is InChI=1S/C10H13FN2/c11-9-2-1-8(7-13-9)3-4-10(12)5-6-10/h1-2,7H,3-6,12H2. The molecule has 0 bridgehead atoms. The van der Waals surface area contributed by atoms with Crippen LogP contribution in [-0.4, -0.2) is 10.5 Å². The van der Waals surface area contributed by atoms with E-state index in [0.717, 1.165) is 31.2 Å². The Labute approximate surface area is 77.0 Å². The molecule has 1 aromatic heterocycles. The van der Waals surface area contributed by atoms with Crippen molar-refractivity contribution in [1.82, 2.24) is 4.98 Å². The Balaban J connectivity index is 1.91. The molecule has 1 heterocycles. The van der Waals surface area contributed by atoms with Gasteiger partial charge in [0.25, 0.3) is 0 Å². The Bertz CT molecular complexity index is 290. The highest BCUT2D eigenvalue weighted by atomic mass is 19.1. The maximum Gasteiger partial charge on any atom is 0.212 e. The molecule has 70 valence electrons. The molecule has 2 rings (SSSR count). The Kier molecular flexibility index (Phi) is 2.04. The van der Waals surface area contributed by atoms with Gasteiger partial charge in [-0.1, -0.05) is 6.07 Å². The fraction of sp³-hybridized carbons (Fsp3) is 0.500. The first-order chi connectivity index (χ1) is 6.18. The zero-order valence-electron chi connectivity index (χ0n) is 7.46. The largest absolute Gasteiger partial charge is 0.325 e. The molecule has 1 aliphatic rings. The van der Waals surface area contributed by atoms with E-state index in [4.69, 9.17) is 5.73 Å². The van der Waals surface area contributed by atoms with Crippen molar-refractivity contribution in [3.05, 3.63) is 29.8 Å². The molecule has 1 fully saturated rings. The van der Waals surface area contributed by atoms with Crippen LogP contribution in [0.25, 0.3) is 0 Å². The number of aromatic nitrogens is 1. The van der Waals surface area contributed by atoms with Crippen LogP contribution in [-0.2, 0) is 6.42 Å². The Morgan fingerprint density at radius 3 is 2.77 bits per heavy atom. The third kappa shape index (κ3) is 2.25. The monoisotopic (exact) mass is 180 g/mol. The van der Waals surface area contributed by atoms with E-state index < -0.39 is 5.95 Å². The smallest absolute Gasteiger partial charge is 0.212 e. The highest BCUT2D eigenvalue weighted by Crippen LogP contribution is 2.36. The third-order valence-corrected chi connectivity index (χ3v) is 2.59. The molecule has 0 aliphatic heterocycles. The average Bonchev–Trinajstić information content (AvgIpc) is 2.84. The van der Waals surface area contributed by atoms with Crippen LogP contribution in [0.3, 0.4) is 0 Å². The van der Waals surface area contributed by atoms with Crippen molar-refractivity contribution in [3.8, 4) is 0 Å². The van der Waals surface area contributed by atoms with Gasteiger partial charge in [-0.05, 0) is 37.3 Å². The molecule has 0 unspecified atom stereocenters. The Morgan fingerprint density at radius 1 is 1.46 bits per heavy atom. The number of hydrogen-bond acceptors (Lipinski definition) is 2. The molecule has 0 spiro atoms. The number of nitrogens with two attached hydrogens (primary N) is 1. The van der Waals surface area contributed by atoms with E-state index in [2.05, 4.69) is 4.98 Å². The second kappa shape index (κ2) is 3.07. The maximum atomic E-state index is 12.4. The predicted octanol–water partition coefficient (Wildman–Crippen LogP) is 1.64. The van der Waals surface area contributed by atoms with Crippen LogP contribution >= 0.6 is 0 Å². The van der Waals surface area contributed by atoms with E-state index in [9.17, 15) is 4.39 Å². The van der Waals surface area contributed by atoms with Gasteiger partial charge in [-0.2, -0.15) is 4.39 Å². The van der Waals surface area contributed by atoms with Crippen LogP contribution in [0.1, 0.15) is 24.8 Å². The fourth-order valence-corrected chi connectivity index (χ4v) is 1.36. The van der Waals surface area contributed by atoms with Crippen molar-refractivity contribution in [2.45, 2.75) is 31.2 Å². The molecule has 0 saturated heterocycles. The van der Waals surface area contributed by atoms with Crippen LogP contribution < -0.4 is 5.73 Å². The van der Waals surface area contributed by atoms with Gasteiger partial charge in [0, 0.05) is 11.7 Å². The van der Waals surface area contributed by atoms with Gasteiger partial charge in [0.15, 0.2) is 0 Å². The predicted molar refractivity (Wildman–Crippen MR) is 48.7 cm³/mol. The molecule has 1 saturated carbocycles. The van der Waals surface area contributed by atoms with Crippen molar-refractivity contribution in [1.29, 1.82) is 0 Å². The number of nitrogens with zero attached hydrogens (tertiary/aromatic N) is 1. The van der Waals surface area contributed by atoms with E-state index in [-0.39, 0.29) is 5.54 Å². The summed E-state index contributed by atoms with van der Waals surface area (Å²) in [5.74, 6) is -0.419. The van der Waals surface area contributed by atoms with Gasteiger partial charge in [-0.3, -0.25) is 0 Å². The van der Waals surface area contributed by atoms with Crippen molar-refractivity contribution in [2.75, 3.05) is 0 Å². The summed E-state index contributed by atoms with van der Waals surface area (Å²) in [5.41, 5.74) is 7.08. The third-order valence-electron chi connectivity index (χ3n) is 2.59. The number of pyridine rings is 1. The van der Waals surface area contributed by atoms with Crippen molar-refractivity contribution in [2.24, 2.45) is 5.73 Å². The van der Waals surface area contributed by atoms with Crippen molar-refractivity contribution >= 4 is 0 Å². The van der Waals surface area contributed by atoms with Gasteiger partial charge in [0.1, 0.15) is 0 Å². The van der Waals surface area contributed by atoms with Crippen LogP contribution in [0.15, 0.2) is 18.3 Å². The summed E-state index contributed by atoms with van der Waals surface area (Å²) in [4.78, 5) is 3.59. The lowest BCUT2D eigenvalue weighted by molar-refractivity contribution is 0.577. The molecule has 13 heavy (non-hydrogen) atoms. The van der Waals surface area contributed by atoms with E-state index in [1.54, 1.807) is 12.3 Å². The molecule has 3 heteroatoms. The second-order valence-corrected chi connectivity index (χ2v) is 3.85. The second-order valence-electron chi connectivity index (χ2n) is 3.85. The minimum absolute atomic E-state index is 0.0778. The van der Waals surface area contributed by atoms with Crippen LogP contribution in [0.5, 0.6) is 0 Å². The zero-order valence-corrected chi connectivity index (χ0v) is 7.46. The van der Waals surface area contributed by atoms with Crippen LogP contribution in [0, 0.1) is 5.95 Å². The normalized spacial score (nSPS) is 18.6. The lowest BCUT2D eigenvalue weighted by atomic mass is 10.1. The zero-order chi connectivity index (χ0) is 9.31. The van der Waals surface area contributed by atoms with Gasteiger partial charge in [-0.25, -0.2) is 4.98 Å². The lowest BCUT2D eigenvalue weighted by Crippen LogP contribution is -2.22. The first-order valence-corrected chi connectivity index (χ1v) is 4.57. The van der Waals surface area contributed by atoms with Crippen LogP contribution in [0.4, 0.5) is 4.39 Å². The van der Waals surface area contributed by atoms with E-state index in [1.807, 2.05) is 0 Å². The number of hydrogen-bond donors (Lipinski definition) is 1. The summed E-state index contributed by atoms with van der Waals surface area (Å²) < 4.78 is 12.4. The summed E-state index contributed by atoms with van der Waals surface area (Å²) >= 11 is 0. The van der Waals surface area contributed by atoms with E-state index >= 15 is 0 Å². The topological polar surface area (TPSA) is 38.9 Å². The van der Waals surface area contributed by atoms with Gasteiger partial charge in [0.2, 0.25) is 5.95 Å². The molecule has 1 aliphatic carbocycles. The fourth-order valence-electron chi connectivity index (χ4n) is 1.36. The first-order valence-electron chi connectivity index (χ1n) is 4.57. The molecule has 2 N–H and O–H groups in total. The minimum atomic E-state index is -0.419.